The van der Waals surface area contributed by atoms with Crippen LogP contribution in [0.3, 0.4) is 0 Å². The second-order valence-electron chi connectivity index (χ2n) is 19.9. The third-order valence-electron chi connectivity index (χ3n) is 13.3. The number of ether oxygens (including phenoxy) is 4. The van der Waals surface area contributed by atoms with Gasteiger partial charge in [-0.25, -0.2) is 4.18 Å². The number of esters is 1. The number of rotatable bonds is 51. The molecule has 69 heavy (non-hydrogen) atoms. The van der Waals surface area contributed by atoms with Crippen molar-refractivity contribution in [3.63, 3.8) is 0 Å². The summed E-state index contributed by atoms with van der Waals surface area (Å²) in [6, 6.07) is 0. The lowest BCUT2D eigenvalue weighted by Crippen LogP contribution is -2.60. The Bertz CT molecular complexity index is 1300. The molecule has 1 aliphatic heterocycles. The van der Waals surface area contributed by atoms with Gasteiger partial charge in [-0.2, -0.15) is 8.42 Å². The number of hydrogen-bond acceptors (Lipinski definition) is 11. The molecular weight excluding hydrogens is 897 g/mol. The molecule has 1 saturated heterocycles. The van der Waals surface area contributed by atoms with Crippen molar-refractivity contribution < 1.29 is 56.2 Å². The molecule has 0 aromatic carbocycles. The molecule has 13 heteroatoms. The zero-order chi connectivity index (χ0) is 50.3. The van der Waals surface area contributed by atoms with E-state index >= 15 is 0 Å². The fraction of sp³-hybridized carbons (Fsp3) is 0.911. The topological polar surface area (TPSA) is 178 Å². The van der Waals surface area contributed by atoms with Crippen LogP contribution in [-0.2, 0) is 38.3 Å². The van der Waals surface area contributed by atoms with E-state index in [0.717, 1.165) is 44.9 Å². The summed E-state index contributed by atoms with van der Waals surface area (Å²) in [6.45, 7) is 4.02. The van der Waals surface area contributed by atoms with Gasteiger partial charge in [0.25, 0.3) is 0 Å². The predicted molar refractivity (Wildman–Crippen MR) is 281 cm³/mol. The standard InChI is InChI=1S/C56H106O12S/c1-3-5-7-9-11-13-15-17-19-21-22-23-24-25-26-27-28-29-31-33-35-37-39-41-43-45-52(58)66-50(49-65-56-54(60)55(68-69(61,62)63)53(59)51(47-57)67-56)48-64-46-44-42-40-38-36-34-32-30-20-18-16-14-12-10-8-6-4-2/h20-22,30,50-51,53-57,59-60H,3-19,23-29,31-49H2,1-2H3,(H,61,62,63)/b22-21-,30-20-. The van der Waals surface area contributed by atoms with Gasteiger partial charge >= 0.3 is 16.4 Å². The van der Waals surface area contributed by atoms with Gasteiger partial charge in [0.15, 0.2) is 6.29 Å². The van der Waals surface area contributed by atoms with E-state index in [9.17, 15) is 33.1 Å². The average molecular weight is 1000 g/mol. The minimum atomic E-state index is -5.07. The molecule has 0 spiro atoms. The van der Waals surface area contributed by atoms with Gasteiger partial charge in [-0.15, -0.1) is 0 Å². The molecule has 0 amide bonds. The van der Waals surface area contributed by atoms with E-state index in [4.69, 9.17) is 18.9 Å². The molecule has 1 fully saturated rings. The number of carbonyl (C=O) groups excluding carboxylic acids is 1. The van der Waals surface area contributed by atoms with E-state index in [1.807, 2.05) is 0 Å². The van der Waals surface area contributed by atoms with Crippen molar-refractivity contribution in [1.29, 1.82) is 0 Å². The summed E-state index contributed by atoms with van der Waals surface area (Å²) >= 11 is 0. The maximum Gasteiger partial charge on any atom is 0.397 e. The maximum atomic E-state index is 12.9. The maximum absolute atomic E-state index is 12.9. The molecule has 12 nitrogen and oxygen atoms in total. The fourth-order valence-electron chi connectivity index (χ4n) is 8.96. The Balaban J connectivity index is 2.28. The van der Waals surface area contributed by atoms with Gasteiger partial charge in [-0.05, 0) is 64.2 Å². The first-order chi connectivity index (χ1) is 33.6. The summed E-state index contributed by atoms with van der Waals surface area (Å²) in [5, 5.41) is 30.8. The van der Waals surface area contributed by atoms with Crippen LogP contribution < -0.4 is 0 Å². The van der Waals surface area contributed by atoms with Crippen molar-refractivity contribution in [3.05, 3.63) is 24.3 Å². The summed E-state index contributed by atoms with van der Waals surface area (Å²) in [5.41, 5.74) is 0. The summed E-state index contributed by atoms with van der Waals surface area (Å²) in [6.07, 6.45) is 47.9. The number of hydrogen-bond donors (Lipinski definition) is 4. The number of aliphatic hydroxyl groups is 3. The van der Waals surface area contributed by atoms with E-state index in [1.165, 1.54) is 193 Å². The lowest BCUT2D eigenvalue weighted by Gasteiger charge is -2.41. The molecule has 0 saturated carbocycles. The van der Waals surface area contributed by atoms with E-state index in [1.54, 1.807) is 0 Å². The fourth-order valence-corrected chi connectivity index (χ4v) is 9.47. The largest absolute Gasteiger partial charge is 0.457 e. The zero-order valence-corrected chi connectivity index (χ0v) is 45.0. The zero-order valence-electron chi connectivity index (χ0n) is 44.1. The Hall–Kier alpha value is -1.42. The minimum absolute atomic E-state index is 0.0355. The van der Waals surface area contributed by atoms with Gasteiger partial charge in [-0.3, -0.25) is 9.35 Å². The van der Waals surface area contributed by atoms with Crippen molar-refractivity contribution >= 4 is 16.4 Å². The van der Waals surface area contributed by atoms with E-state index in [0.29, 0.717) is 13.0 Å². The van der Waals surface area contributed by atoms with Crippen LogP contribution in [0.5, 0.6) is 0 Å². The third kappa shape index (κ3) is 40.7. The quantitative estimate of drug-likeness (QED) is 0.0196. The van der Waals surface area contributed by atoms with Crippen LogP contribution in [0, 0.1) is 0 Å². The number of unbranched alkanes of at least 4 members (excludes halogenated alkanes) is 34. The Labute approximate surface area is 422 Å². The average Bonchev–Trinajstić information content (AvgIpc) is 3.32. The van der Waals surface area contributed by atoms with Gasteiger partial charge in [0.1, 0.15) is 30.5 Å². The van der Waals surface area contributed by atoms with Crippen molar-refractivity contribution in [1.82, 2.24) is 0 Å². The monoisotopic (exact) mass is 1000 g/mol. The molecule has 1 rings (SSSR count). The summed E-state index contributed by atoms with van der Waals surface area (Å²) in [4.78, 5) is 12.9. The number of carbonyl (C=O) groups is 1. The summed E-state index contributed by atoms with van der Waals surface area (Å²) in [7, 11) is -5.07. The van der Waals surface area contributed by atoms with Crippen LogP contribution in [0.1, 0.15) is 264 Å². The van der Waals surface area contributed by atoms with Crippen molar-refractivity contribution in [2.75, 3.05) is 26.4 Å². The smallest absolute Gasteiger partial charge is 0.397 e. The van der Waals surface area contributed by atoms with Gasteiger partial charge in [0.2, 0.25) is 0 Å². The van der Waals surface area contributed by atoms with E-state index in [-0.39, 0.29) is 19.6 Å². The van der Waals surface area contributed by atoms with Crippen LogP contribution in [0.15, 0.2) is 24.3 Å². The second-order valence-corrected chi connectivity index (χ2v) is 20.9. The van der Waals surface area contributed by atoms with E-state index in [2.05, 4.69) is 42.3 Å². The molecule has 408 valence electrons. The highest BCUT2D eigenvalue weighted by atomic mass is 32.3. The normalized spacial score (nSPS) is 19.3. The molecular formula is C56H106O12S. The number of aliphatic hydroxyl groups excluding tert-OH is 3. The Morgan fingerprint density at radius 3 is 1.30 bits per heavy atom. The molecule has 1 aliphatic rings. The minimum Gasteiger partial charge on any atom is -0.457 e. The lowest BCUT2D eigenvalue weighted by atomic mass is 9.99. The first kappa shape index (κ1) is 65.6. The van der Waals surface area contributed by atoms with Gasteiger partial charge in [0.05, 0.1) is 19.8 Å². The lowest BCUT2D eigenvalue weighted by molar-refractivity contribution is -0.301. The van der Waals surface area contributed by atoms with Gasteiger partial charge in [-0.1, -0.05) is 218 Å². The summed E-state index contributed by atoms with van der Waals surface area (Å²) in [5.74, 6) is -0.397. The first-order valence-electron chi connectivity index (χ1n) is 28.6. The Morgan fingerprint density at radius 1 is 0.536 bits per heavy atom. The molecule has 0 aliphatic carbocycles. The molecule has 1 heterocycles. The van der Waals surface area contributed by atoms with Crippen molar-refractivity contribution in [3.8, 4) is 0 Å². The summed E-state index contributed by atoms with van der Waals surface area (Å²) < 4.78 is 59.4. The predicted octanol–water partition coefficient (Wildman–Crippen LogP) is 13.9. The number of allylic oxidation sites excluding steroid dienone is 4. The van der Waals surface area contributed by atoms with Crippen LogP contribution in [0.4, 0.5) is 0 Å². The Kier molecular flexibility index (Phi) is 45.2. The van der Waals surface area contributed by atoms with Gasteiger partial charge in [0, 0.05) is 13.0 Å². The van der Waals surface area contributed by atoms with Crippen molar-refractivity contribution in [2.24, 2.45) is 0 Å². The molecule has 0 aromatic rings. The highest BCUT2D eigenvalue weighted by Crippen LogP contribution is 2.26. The molecule has 4 N–H and O–H groups in total. The molecule has 6 unspecified atom stereocenters. The Morgan fingerprint density at radius 2 is 0.913 bits per heavy atom. The SMILES string of the molecule is CCCCCCCCC/C=C\CCCCCCCCOCC(COC1OC(CO)C(O)C(OS(=O)(=O)O)C1O)OC(=O)CCCCCCCCCCCCCCC/C=C\CCCCCCCCCC. The van der Waals surface area contributed by atoms with Crippen LogP contribution in [0.2, 0.25) is 0 Å². The third-order valence-corrected chi connectivity index (χ3v) is 13.8. The highest BCUT2D eigenvalue weighted by molar-refractivity contribution is 7.80. The van der Waals surface area contributed by atoms with Gasteiger partial charge < -0.3 is 34.3 Å². The van der Waals surface area contributed by atoms with Crippen molar-refractivity contribution in [2.45, 2.75) is 301 Å². The van der Waals surface area contributed by atoms with E-state index < -0.39 is 59.8 Å². The highest BCUT2D eigenvalue weighted by Gasteiger charge is 2.48. The van der Waals surface area contributed by atoms with Crippen LogP contribution >= 0.6 is 0 Å². The molecule has 0 bridgehead atoms. The van der Waals surface area contributed by atoms with Crippen LogP contribution in [0.25, 0.3) is 0 Å². The molecule has 6 atom stereocenters. The second kappa shape index (κ2) is 47.6. The van der Waals surface area contributed by atoms with Crippen LogP contribution in [-0.4, -0.2) is 97.5 Å². The molecule has 0 radical (unpaired) electrons. The molecule has 0 aromatic heterocycles. The first-order valence-corrected chi connectivity index (χ1v) is 30.0.